The Kier molecular flexibility index (Phi) is 6.39. The highest BCUT2D eigenvalue weighted by atomic mass is 79.9. The molecular weight excluding hydrogens is 427 g/mol. The Morgan fingerprint density at radius 1 is 1.14 bits per heavy atom. The van der Waals surface area contributed by atoms with Crippen LogP contribution in [0.15, 0.2) is 35.2 Å². The van der Waals surface area contributed by atoms with Crippen LogP contribution in [0, 0.1) is 11.7 Å². The third-order valence-corrected chi connectivity index (χ3v) is 5.92. The summed E-state index contributed by atoms with van der Waals surface area (Å²) in [5, 5.41) is 0. The van der Waals surface area contributed by atoms with E-state index in [2.05, 4.69) is 35.7 Å². The Morgan fingerprint density at radius 2 is 1.93 bits per heavy atom. The molecule has 8 heteroatoms. The van der Waals surface area contributed by atoms with Crippen LogP contribution < -0.4 is 9.64 Å². The van der Waals surface area contributed by atoms with Gasteiger partial charge in [-0.1, -0.05) is 0 Å². The van der Waals surface area contributed by atoms with E-state index in [1.54, 1.807) is 12.3 Å². The Labute approximate surface area is 172 Å². The van der Waals surface area contributed by atoms with Crippen LogP contribution >= 0.6 is 15.9 Å². The average Bonchev–Trinajstić information content (AvgIpc) is 2.72. The lowest BCUT2D eigenvalue weighted by atomic mass is 9.99. The van der Waals surface area contributed by atoms with Gasteiger partial charge in [-0.2, -0.15) is 0 Å². The van der Waals surface area contributed by atoms with Crippen molar-refractivity contribution in [3.63, 3.8) is 0 Å². The fourth-order valence-corrected chi connectivity index (χ4v) is 4.16. The molecule has 2 fully saturated rings. The second kappa shape index (κ2) is 9.15. The van der Waals surface area contributed by atoms with Crippen molar-refractivity contribution in [2.24, 2.45) is 5.92 Å². The van der Waals surface area contributed by atoms with Crippen molar-refractivity contribution < 1.29 is 13.9 Å². The number of halogens is 2. The lowest BCUT2D eigenvalue weighted by molar-refractivity contribution is 0.0517. The fourth-order valence-electron chi connectivity index (χ4n) is 3.73. The van der Waals surface area contributed by atoms with Crippen LogP contribution in [0.5, 0.6) is 11.5 Å². The molecule has 2 aromatic rings. The first-order chi connectivity index (χ1) is 13.7. The minimum absolute atomic E-state index is 0.315. The summed E-state index contributed by atoms with van der Waals surface area (Å²) in [6.07, 6.45) is 5.52. The molecule has 1 aromatic heterocycles. The largest absolute Gasteiger partial charge is 0.451 e. The second-order valence-electron chi connectivity index (χ2n) is 7.23. The van der Waals surface area contributed by atoms with E-state index in [1.807, 2.05) is 0 Å². The Morgan fingerprint density at radius 3 is 2.68 bits per heavy atom. The average molecular weight is 451 g/mol. The van der Waals surface area contributed by atoms with Crippen LogP contribution in [0.1, 0.15) is 12.8 Å². The predicted molar refractivity (Wildman–Crippen MR) is 108 cm³/mol. The molecule has 4 rings (SSSR count). The zero-order chi connectivity index (χ0) is 19.3. The number of piperazine rings is 1. The molecule has 3 heterocycles. The standard InChI is InChI=1S/C20H24BrFN4O2/c21-17-11-16(22)1-2-18(17)28-19-12-23-14-24-20(19)26-7-5-25(6-8-26)13-15-3-9-27-10-4-15/h1-2,11-12,14-15H,3-10,13H2. The Balaban J connectivity index is 1.40. The van der Waals surface area contributed by atoms with Gasteiger partial charge >= 0.3 is 0 Å². The first-order valence-corrected chi connectivity index (χ1v) is 10.5. The summed E-state index contributed by atoms with van der Waals surface area (Å²) in [7, 11) is 0. The number of aromatic nitrogens is 2. The monoisotopic (exact) mass is 450 g/mol. The van der Waals surface area contributed by atoms with Crippen molar-refractivity contribution in [1.29, 1.82) is 0 Å². The number of rotatable bonds is 5. The zero-order valence-corrected chi connectivity index (χ0v) is 17.3. The number of hydrogen-bond donors (Lipinski definition) is 0. The van der Waals surface area contributed by atoms with E-state index in [4.69, 9.17) is 9.47 Å². The van der Waals surface area contributed by atoms with Crippen LogP contribution in [-0.2, 0) is 4.74 Å². The van der Waals surface area contributed by atoms with E-state index in [-0.39, 0.29) is 5.82 Å². The smallest absolute Gasteiger partial charge is 0.188 e. The molecule has 2 aliphatic rings. The van der Waals surface area contributed by atoms with E-state index < -0.39 is 0 Å². The highest BCUT2D eigenvalue weighted by Crippen LogP contribution is 2.34. The van der Waals surface area contributed by atoms with Crippen LogP contribution in [0.4, 0.5) is 10.2 Å². The van der Waals surface area contributed by atoms with Crippen molar-refractivity contribution in [2.45, 2.75) is 12.8 Å². The van der Waals surface area contributed by atoms with Crippen molar-refractivity contribution in [3.05, 3.63) is 41.0 Å². The summed E-state index contributed by atoms with van der Waals surface area (Å²) in [5.41, 5.74) is 0. The van der Waals surface area contributed by atoms with Gasteiger partial charge in [0.1, 0.15) is 17.9 Å². The summed E-state index contributed by atoms with van der Waals surface area (Å²) < 4.78 is 25.3. The molecule has 0 saturated carbocycles. The molecule has 0 N–H and O–H groups in total. The number of ether oxygens (including phenoxy) is 2. The van der Waals surface area contributed by atoms with Crippen LogP contribution in [0.25, 0.3) is 0 Å². The fraction of sp³-hybridized carbons (Fsp3) is 0.500. The van der Waals surface area contributed by atoms with Crippen LogP contribution in [0.3, 0.4) is 0 Å². The third-order valence-electron chi connectivity index (χ3n) is 5.30. The highest BCUT2D eigenvalue weighted by Gasteiger charge is 2.24. The number of anilines is 1. The van der Waals surface area contributed by atoms with Gasteiger partial charge in [0.2, 0.25) is 0 Å². The SMILES string of the molecule is Fc1ccc(Oc2cncnc2N2CCN(CC3CCOCC3)CC2)c(Br)c1. The number of nitrogens with zero attached hydrogens (tertiary/aromatic N) is 4. The highest BCUT2D eigenvalue weighted by molar-refractivity contribution is 9.10. The molecule has 150 valence electrons. The zero-order valence-electron chi connectivity index (χ0n) is 15.7. The minimum Gasteiger partial charge on any atom is -0.451 e. The van der Waals surface area contributed by atoms with Gasteiger partial charge in [-0.15, -0.1) is 0 Å². The molecule has 0 radical (unpaired) electrons. The second-order valence-corrected chi connectivity index (χ2v) is 8.09. The minimum atomic E-state index is -0.315. The van der Waals surface area contributed by atoms with Gasteiger partial charge in [-0.25, -0.2) is 14.4 Å². The van der Waals surface area contributed by atoms with E-state index in [0.717, 1.165) is 70.5 Å². The van der Waals surface area contributed by atoms with E-state index in [0.29, 0.717) is 16.0 Å². The van der Waals surface area contributed by atoms with Gasteiger partial charge in [0.15, 0.2) is 11.6 Å². The van der Waals surface area contributed by atoms with Gasteiger partial charge in [0.25, 0.3) is 0 Å². The maximum Gasteiger partial charge on any atom is 0.188 e. The molecule has 6 nitrogen and oxygen atoms in total. The molecule has 0 spiro atoms. The molecule has 2 aliphatic heterocycles. The predicted octanol–water partition coefficient (Wildman–Crippen LogP) is 3.72. The van der Waals surface area contributed by atoms with Crippen molar-refractivity contribution in [1.82, 2.24) is 14.9 Å². The van der Waals surface area contributed by atoms with Gasteiger partial charge < -0.3 is 14.4 Å². The van der Waals surface area contributed by atoms with E-state index in [9.17, 15) is 4.39 Å². The van der Waals surface area contributed by atoms with Gasteiger partial charge in [-0.05, 0) is 52.9 Å². The van der Waals surface area contributed by atoms with Crippen LogP contribution in [-0.4, -0.2) is 60.8 Å². The van der Waals surface area contributed by atoms with Gasteiger partial charge in [0.05, 0.1) is 10.7 Å². The number of benzene rings is 1. The first-order valence-electron chi connectivity index (χ1n) is 9.67. The normalized spacial score (nSPS) is 19.0. The van der Waals surface area contributed by atoms with Gasteiger partial charge in [0, 0.05) is 45.9 Å². The molecule has 0 aliphatic carbocycles. The first kappa shape index (κ1) is 19.5. The molecule has 1 aromatic carbocycles. The maximum absolute atomic E-state index is 13.3. The molecule has 2 saturated heterocycles. The van der Waals surface area contributed by atoms with Crippen molar-refractivity contribution in [3.8, 4) is 11.5 Å². The lowest BCUT2D eigenvalue weighted by Gasteiger charge is -2.38. The maximum atomic E-state index is 13.3. The summed E-state index contributed by atoms with van der Waals surface area (Å²) in [4.78, 5) is 13.3. The van der Waals surface area contributed by atoms with E-state index in [1.165, 1.54) is 18.5 Å². The van der Waals surface area contributed by atoms with Crippen molar-refractivity contribution >= 4 is 21.7 Å². The third kappa shape index (κ3) is 4.79. The summed E-state index contributed by atoms with van der Waals surface area (Å²) in [5.74, 6) is 2.32. The van der Waals surface area contributed by atoms with Gasteiger partial charge in [-0.3, -0.25) is 4.90 Å². The number of hydrogen-bond acceptors (Lipinski definition) is 6. The van der Waals surface area contributed by atoms with Crippen LogP contribution in [0.2, 0.25) is 0 Å². The molecule has 0 amide bonds. The van der Waals surface area contributed by atoms with Crippen molar-refractivity contribution in [2.75, 3.05) is 50.8 Å². The Bertz CT molecular complexity index is 796. The van der Waals surface area contributed by atoms with E-state index >= 15 is 0 Å². The quantitative estimate of drug-likeness (QED) is 0.691. The molecule has 0 atom stereocenters. The Hall–Kier alpha value is -1.77. The lowest BCUT2D eigenvalue weighted by Crippen LogP contribution is -2.48. The molecular formula is C20H24BrFN4O2. The topological polar surface area (TPSA) is 50.7 Å². The molecule has 28 heavy (non-hydrogen) atoms. The summed E-state index contributed by atoms with van der Waals surface area (Å²) >= 11 is 3.35. The summed E-state index contributed by atoms with van der Waals surface area (Å²) in [6, 6.07) is 4.36. The molecule has 0 bridgehead atoms. The molecule has 0 unspecified atom stereocenters. The summed E-state index contributed by atoms with van der Waals surface area (Å²) in [6.45, 7) is 6.72.